The first-order chi connectivity index (χ1) is 17.2. The van der Waals surface area contributed by atoms with Crippen molar-refractivity contribution < 1.29 is 26.9 Å². The standard InChI is InChI=1S/C23H19ClF4N6O2/c24-14-1-2-17-15(8-14)19(11-29-17)31-22(35)18-9-20(36-32-18)13-7-16(25)21(30-10-13)34-5-3-33(4-6-34)12-23(26,27)28/h1-2,7-11,29H,3-6,12H2,(H,31,35). The zero-order chi connectivity index (χ0) is 25.4. The predicted octanol–water partition coefficient (Wildman–Crippen LogP) is 4.95. The normalized spacial score (nSPS) is 15.0. The number of halogens is 5. The summed E-state index contributed by atoms with van der Waals surface area (Å²) in [6, 6.07) is 7.78. The second-order valence-electron chi connectivity index (χ2n) is 8.33. The number of anilines is 2. The van der Waals surface area contributed by atoms with Crippen LogP contribution in [0.5, 0.6) is 0 Å². The third-order valence-corrected chi connectivity index (χ3v) is 6.05. The van der Waals surface area contributed by atoms with Crippen LogP contribution in [-0.2, 0) is 0 Å². The van der Waals surface area contributed by atoms with Crippen LogP contribution in [0.2, 0.25) is 5.02 Å². The van der Waals surface area contributed by atoms with Gasteiger partial charge in [-0.25, -0.2) is 9.37 Å². The maximum absolute atomic E-state index is 14.8. The number of benzene rings is 1. The van der Waals surface area contributed by atoms with Crippen LogP contribution in [0.3, 0.4) is 0 Å². The van der Waals surface area contributed by atoms with Gasteiger partial charge in [0, 0.05) is 66.1 Å². The monoisotopic (exact) mass is 522 g/mol. The number of amides is 1. The van der Waals surface area contributed by atoms with Gasteiger partial charge in [0.15, 0.2) is 23.1 Å². The molecular formula is C23H19ClF4N6O2. The summed E-state index contributed by atoms with van der Waals surface area (Å²) in [7, 11) is 0. The maximum atomic E-state index is 14.8. The van der Waals surface area contributed by atoms with E-state index < -0.39 is 24.4 Å². The van der Waals surface area contributed by atoms with Crippen LogP contribution in [0.15, 0.2) is 47.2 Å². The third kappa shape index (κ3) is 5.14. The first-order valence-electron chi connectivity index (χ1n) is 10.9. The summed E-state index contributed by atoms with van der Waals surface area (Å²) < 4.78 is 57.8. The molecule has 1 aromatic carbocycles. The zero-order valence-corrected chi connectivity index (χ0v) is 19.3. The molecule has 13 heteroatoms. The summed E-state index contributed by atoms with van der Waals surface area (Å²) in [4.78, 5) is 22.7. The van der Waals surface area contributed by atoms with Crippen molar-refractivity contribution in [1.82, 2.24) is 20.0 Å². The van der Waals surface area contributed by atoms with Gasteiger partial charge in [-0.3, -0.25) is 9.69 Å². The van der Waals surface area contributed by atoms with E-state index in [1.807, 2.05) is 0 Å². The SMILES string of the molecule is O=C(Nc1c[nH]c2ccc(Cl)cc12)c1cc(-c2cnc(N3CCN(CC(F)(F)F)CC3)c(F)c2)on1. The van der Waals surface area contributed by atoms with Crippen molar-refractivity contribution >= 4 is 39.9 Å². The van der Waals surface area contributed by atoms with Crippen LogP contribution >= 0.6 is 11.6 Å². The highest BCUT2D eigenvalue weighted by Crippen LogP contribution is 2.28. The van der Waals surface area contributed by atoms with Gasteiger partial charge in [-0.2, -0.15) is 13.2 Å². The number of nitrogens with one attached hydrogen (secondary N) is 2. The molecule has 36 heavy (non-hydrogen) atoms. The number of pyridine rings is 1. The van der Waals surface area contributed by atoms with Crippen LogP contribution in [-0.4, -0.2) is 64.8 Å². The Morgan fingerprint density at radius 1 is 1.17 bits per heavy atom. The van der Waals surface area contributed by atoms with Crippen LogP contribution in [0, 0.1) is 5.82 Å². The molecule has 0 bridgehead atoms. The second-order valence-corrected chi connectivity index (χ2v) is 8.77. The number of aromatic amines is 1. The van der Waals surface area contributed by atoms with Gasteiger partial charge in [-0.15, -0.1) is 0 Å². The van der Waals surface area contributed by atoms with Crippen LogP contribution in [0.1, 0.15) is 10.5 Å². The van der Waals surface area contributed by atoms with Crippen molar-refractivity contribution in [3.05, 3.63) is 59.3 Å². The Balaban J connectivity index is 1.26. The number of nitrogens with zero attached hydrogens (tertiary/aromatic N) is 4. The van der Waals surface area contributed by atoms with Crippen molar-refractivity contribution in [3.63, 3.8) is 0 Å². The maximum Gasteiger partial charge on any atom is 0.401 e. The highest BCUT2D eigenvalue weighted by Gasteiger charge is 2.32. The molecule has 1 amide bonds. The summed E-state index contributed by atoms with van der Waals surface area (Å²) in [6.45, 7) is -0.279. The lowest BCUT2D eigenvalue weighted by Gasteiger charge is -2.35. The molecule has 0 atom stereocenters. The fourth-order valence-corrected chi connectivity index (χ4v) is 4.24. The Kier molecular flexibility index (Phi) is 6.31. The number of H-pyrrole nitrogens is 1. The fourth-order valence-electron chi connectivity index (χ4n) is 4.07. The number of alkyl halides is 3. The smallest absolute Gasteiger partial charge is 0.359 e. The first kappa shape index (κ1) is 24.1. The lowest BCUT2D eigenvalue weighted by Crippen LogP contribution is -2.49. The van der Waals surface area contributed by atoms with E-state index in [4.69, 9.17) is 16.1 Å². The highest BCUT2D eigenvalue weighted by atomic mass is 35.5. The molecule has 0 aliphatic carbocycles. The largest absolute Gasteiger partial charge is 0.401 e. The number of hydrogen-bond acceptors (Lipinski definition) is 6. The van der Waals surface area contributed by atoms with E-state index in [-0.39, 0.29) is 49.0 Å². The molecule has 1 aliphatic heterocycles. The summed E-state index contributed by atoms with van der Waals surface area (Å²) in [6.07, 6.45) is -1.28. The highest BCUT2D eigenvalue weighted by molar-refractivity contribution is 6.31. The van der Waals surface area contributed by atoms with Gasteiger partial charge in [0.05, 0.1) is 12.2 Å². The predicted molar refractivity (Wildman–Crippen MR) is 126 cm³/mol. The van der Waals surface area contributed by atoms with Crippen LogP contribution in [0.4, 0.5) is 29.1 Å². The molecule has 8 nitrogen and oxygen atoms in total. The van der Waals surface area contributed by atoms with Crippen LogP contribution in [0.25, 0.3) is 22.2 Å². The number of fused-ring (bicyclic) bond motifs is 1. The second kappa shape index (κ2) is 9.43. The van der Waals surface area contributed by atoms with Crippen molar-refractivity contribution in [1.29, 1.82) is 0 Å². The Morgan fingerprint density at radius 2 is 1.94 bits per heavy atom. The number of rotatable bonds is 5. The molecule has 1 saturated heterocycles. The molecule has 188 valence electrons. The summed E-state index contributed by atoms with van der Waals surface area (Å²) in [5, 5.41) is 7.74. The number of carbonyl (C=O) groups is 1. The first-order valence-corrected chi connectivity index (χ1v) is 11.3. The van der Waals surface area contributed by atoms with E-state index in [0.717, 1.165) is 10.9 Å². The van der Waals surface area contributed by atoms with Crippen molar-refractivity contribution in [2.45, 2.75) is 6.18 Å². The number of piperazine rings is 1. The molecule has 3 aromatic heterocycles. The average Bonchev–Trinajstić information content (AvgIpc) is 3.46. The van der Waals surface area contributed by atoms with E-state index >= 15 is 0 Å². The van der Waals surface area contributed by atoms with Crippen molar-refractivity contribution in [2.24, 2.45) is 0 Å². The number of hydrogen-bond donors (Lipinski definition) is 2. The molecule has 1 aliphatic rings. The van der Waals surface area contributed by atoms with Crippen LogP contribution < -0.4 is 10.2 Å². The Labute approximate surface area is 206 Å². The van der Waals surface area contributed by atoms with Gasteiger partial charge >= 0.3 is 6.18 Å². The molecule has 0 unspecified atom stereocenters. The van der Waals surface area contributed by atoms with Gasteiger partial charge in [-0.05, 0) is 24.3 Å². The fraction of sp³-hybridized carbons (Fsp3) is 0.261. The summed E-state index contributed by atoms with van der Waals surface area (Å²) in [5.41, 5.74) is 1.54. The van der Waals surface area contributed by atoms with Crippen molar-refractivity contribution in [2.75, 3.05) is 42.9 Å². The van der Waals surface area contributed by atoms with E-state index in [9.17, 15) is 22.4 Å². The van der Waals surface area contributed by atoms with Gasteiger partial charge in [0.1, 0.15) is 0 Å². The zero-order valence-electron chi connectivity index (χ0n) is 18.6. The molecule has 0 saturated carbocycles. The van der Waals surface area contributed by atoms with E-state index in [1.165, 1.54) is 23.2 Å². The minimum Gasteiger partial charge on any atom is -0.359 e. The Hall–Kier alpha value is -3.64. The van der Waals surface area contributed by atoms with Gasteiger partial charge in [0.2, 0.25) is 0 Å². The molecule has 0 radical (unpaired) electrons. The lowest BCUT2D eigenvalue weighted by molar-refractivity contribution is -0.146. The topological polar surface area (TPSA) is 90.3 Å². The van der Waals surface area contributed by atoms with E-state index in [0.29, 0.717) is 10.7 Å². The molecule has 2 N–H and O–H groups in total. The van der Waals surface area contributed by atoms with Gasteiger partial charge in [0.25, 0.3) is 5.91 Å². The summed E-state index contributed by atoms with van der Waals surface area (Å²) in [5.74, 6) is -1.02. The third-order valence-electron chi connectivity index (χ3n) is 5.82. The average molecular weight is 523 g/mol. The minimum absolute atomic E-state index is 0.0216. The molecular weight excluding hydrogens is 504 g/mol. The van der Waals surface area contributed by atoms with Gasteiger partial charge < -0.3 is 19.7 Å². The minimum atomic E-state index is -4.27. The lowest BCUT2D eigenvalue weighted by atomic mass is 10.2. The molecule has 0 spiro atoms. The Morgan fingerprint density at radius 3 is 2.67 bits per heavy atom. The van der Waals surface area contributed by atoms with E-state index in [1.54, 1.807) is 29.3 Å². The molecule has 4 aromatic rings. The molecule has 4 heterocycles. The molecule has 5 rings (SSSR count). The quantitative estimate of drug-likeness (QED) is 0.361. The Bertz CT molecular complexity index is 1410. The molecule has 1 fully saturated rings. The number of carbonyl (C=O) groups excluding carboxylic acids is 1. The van der Waals surface area contributed by atoms with Crippen molar-refractivity contribution in [3.8, 4) is 11.3 Å². The summed E-state index contributed by atoms with van der Waals surface area (Å²) >= 11 is 6.04. The van der Waals surface area contributed by atoms with E-state index in [2.05, 4.69) is 20.4 Å². The number of aromatic nitrogens is 3. The van der Waals surface area contributed by atoms with Gasteiger partial charge in [-0.1, -0.05) is 16.8 Å².